The van der Waals surface area contributed by atoms with Crippen LogP contribution in [0.4, 0.5) is 0 Å². The Bertz CT molecular complexity index is 338. The Hall–Kier alpha value is -1.78. The number of pyridine rings is 1. The number of hydrogen-bond acceptors (Lipinski definition) is 4. The molecular weight excluding hydrogens is 198 g/mol. The van der Waals surface area contributed by atoms with Gasteiger partial charge in [-0.15, -0.1) is 0 Å². The molecule has 1 aromatic rings. The summed E-state index contributed by atoms with van der Waals surface area (Å²) in [7, 11) is 0. The minimum Gasteiger partial charge on any atom is -0.479 e. The lowest BCUT2D eigenvalue weighted by Gasteiger charge is -2.09. The highest BCUT2D eigenvalue weighted by Gasteiger charge is 2.03. The summed E-state index contributed by atoms with van der Waals surface area (Å²) in [4.78, 5) is 14.2. The Morgan fingerprint density at radius 1 is 1.47 bits per heavy atom. The van der Waals surface area contributed by atoms with Crippen LogP contribution in [0.5, 0.6) is 11.8 Å². The van der Waals surface area contributed by atoms with Crippen LogP contribution in [0.2, 0.25) is 0 Å². The van der Waals surface area contributed by atoms with Gasteiger partial charge in [0, 0.05) is 12.1 Å². The van der Waals surface area contributed by atoms with Crippen molar-refractivity contribution in [2.45, 2.75) is 20.0 Å². The average Bonchev–Trinajstić information content (AvgIpc) is 2.14. The Morgan fingerprint density at radius 3 is 2.73 bits per heavy atom. The van der Waals surface area contributed by atoms with E-state index in [1.807, 2.05) is 13.8 Å². The maximum absolute atomic E-state index is 10.3. The van der Waals surface area contributed by atoms with E-state index in [0.717, 1.165) is 0 Å². The highest BCUT2D eigenvalue weighted by Crippen LogP contribution is 2.14. The van der Waals surface area contributed by atoms with Gasteiger partial charge in [-0.1, -0.05) is 6.07 Å². The van der Waals surface area contributed by atoms with Gasteiger partial charge in [-0.25, -0.2) is 4.79 Å². The van der Waals surface area contributed by atoms with Gasteiger partial charge >= 0.3 is 5.97 Å². The molecule has 5 heteroatoms. The second kappa shape index (κ2) is 5.19. The molecule has 0 atom stereocenters. The standard InChI is InChI=1S/C10H13NO4/c1-7(2)15-9-5-3-4-8(11-9)14-6-10(12)13/h3-5,7H,6H2,1-2H3,(H,12,13). The molecule has 1 heterocycles. The van der Waals surface area contributed by atoms with E-state index in [9.17, 15) is 4.79 Å². The molecule has 0 aliphatic rings. The number of aromatic nitrogens is 1. The van der Waals surface area contributed by atoms with Crippen molar-refractivity contribution < 1.29 is 19.4 Å². The van der Waals surface area contributed by atoms with Crippen molar-refractivity contribution in [1.29, 1.82) is 0 Å². The predicted molar refractivity (Wildman–Crippen MR) is 53.1 cm³/mol. The first-order chi connectivity index (χ1) is 7.08. The summed E-state index contributed by atoms with van der Waals surface area (Å²) in [6, 6.07) is 4.96. The lowest BCUT2D eigenvalue weighted by atomic mass is 10.4. The molecule has 0 bridgehead atoms. The number of carboxylic acid groups (broad SMARTS) is 1. The van der Waals surface area contributed by atoms with Crippen LogP contribution in [-0.4, -0.2) is 28.8 Å². The van der Waals surface area contributed by atoms with Gasteiger partial charge in [0.1, 0.15) is 0 Å². The highest BCUT2D eigenvalue weighted by molar-refractivity contribution is 5.68. The quantitative estimate of drug-likeness (QED) is 0.795. The third-order valence-corrected chi connectivity index (χ3v) is 1.40. The lowest BCUT2D eigenvalue weighted by Crippen LogP contribution is -2.11. The molecule has 0 aliphatic heterocycles. The van der Waals surface area contributed by atoms with Crippen LogP contribution in [0.3, 0.4) is 0 Å². The van der Waals surface area contributed by atoms with E-state index >= 15 is 0 Å². The first-order valence-electron chi connectivity index (χ1n) is 4.56. The van der Waals surface area contributed by atoms with Gasteiger partial charge in [0.25, 0.3) is 0 Å². The number of nitrogens with zero attached hydrogens (tertiary/aromatic N) is 1. The molecule has 82 valence electrons. The van der Waals surface area contributed by atoms with Crippen molar-refractivity contribution in [2.24, 2.45) is 0 Å². The summed E-state index contributed by atoms with van der Waals surface area (Å²) in [5.41, 5.74) is 0. The van der Waals surface area contributed by atoms with Crippen molar-refractivity contribution >= 4 is 5.97 Å². The molecule has 15 heavy (non-hydrogen) atoms. The van der Waals surface area contributed by atoms with Gasteiger partial charge < -0.3 is 14.6 Å². The number of carbonyl (C=O) groups is 1. The first kappa shape index (κ1) is 11.3. The molecular formula is C10H13NO4. The van der Waals surface area contributed by atoms with Gasteiger partial charge in [-0.3, -0.25) is 0 Å². The zero-order valence-electron chi connectivity index (χ0n) is 8.64. The fourth-order valence-electron chi connectivity index (χ4n) is 0.919. The van der Waals surface area contributed by atoms with Crippen LogP contribution < -0.4 is 9.47 Å². The molecule has 5 nitrogen and oxygen atoms in total. The van der Waals surface area contributed by atoms with E-state index in [-0.39, 0.29) is 12.0 Å². The minimum atomic E-state index is -1.04. The second-order valence-corrected chi connectivity index (χ2v) is 3.16. The van der Waals surface area contributed by atoms with Crippen molar-refractivity contribution in [3.63, 3.8) is 0 Å². The van der Waals surface area contributed by atoms with Crippen molar-refractivity contribution in [3.05, 3.63) is 18.2 Å². The number of rotatable bonds is 5. The van der Waals surface area contributed by atoms with Gasteiger partial charge in [-0.05, 0) is 13.8 Å². The maximum atomic E-state index is 10.3. The van der Waals surface area contributed by atoms with Crippen molar-refractivity contribution in [1.82, 2.24) is 4.98 Å². The highest BCUT2D eigenvalue weighted by atomic mass is 16.5. The fourth-order valence-corrected chi connectivity index (χ4v) is 0.919. The SMILES string of the molecule is CC(C)Oc1cccc(OCC(=O)O)n1. The Kier molecular flexibility index (Phi) is 3.91. The Balaban J connectivity index is 2.61. The summed E-state index contributed by atoms with van der Waals surface area (Å²) in [6.45, 7) is 3.36. The van der Waals surface area contributed by atoms with E-state index in [4.69, 9.17) is 14.6 Å². The molecule has 0 fully saturated rings. The molecule has 1 rings (SSSR count). The summed E-state index contributed by atoms with van der Waals surface area (Å²) in [5.74, 6) is -0.365. The van der Waals surface area contributed by atoms with Gasteiger partial charge in [-0.2, -0.15) is 4.98 Å². The van der Waals surface area contributed by atoms with Crippen molar-refractivity contribution in [2.75, 3.05) is 6.61 Å². The van der Waals surface area contributed by atoms with Crippen LogP contribution >= 0.6 is 0 Å². The smallest absolute Gasteiger partial charge is 0.341 e. The molecule has 0 radical (unpaired) electrons. The summed E-state index contributed by atoms with van der Waals surface area (Å²) < 4.78 is 10.2. The van der Waals surface area contributed by atoms with E-state index in [0.29, 0.717) is 5.88 Å². The van der Waals surface area contributed by atoms with E-state index < -0.39 is 12.6 Å². The van der Waals surface area contributed by atoms with Gasteiger partial charge in [0.2, 0.25) is 11.8 Å². The van der Waals surface area contributed by atoms with Crippen LogP contribution in [0.15, 0.2) is 18.2 Å². The number of carboxylic acids is 1. The Labute approximate surface area is 87.7 Å². The second-order valence-electron chi connectivity index (χ2n) is 3.16. The van der Waals surface area contributed by atoms with E-state index in [1.165, 1.54) is 0 Å². The molecule has 0 aromatic carbocycles. The third kappa shape index (κ3) is 4.30. The molecule has 1 aromatic heterocycles. The molecule has 0 saturated heterocycles. The topological polar surface area (TPSA) is 68.7 Å². The number of ether oxygens (including phenoxy) is 2. The van der Waals surface area contributed by atoms with Crippen LogP contribution in [0, 0.1) is 0 Å². The maximum Gasteiger partial charge on any atom is 0.341 e. The molecule has 0 saturated carbocycles. The Morgan fingerprint density at radius 2 is 2.13 bits per heavy atom. The van der Waals surface area contributed by atoms with Crippen LogP contribution in [-0.2, 0) is 4.79 Å². The fraction of sp³-hybridized carbons (Fsp3) is 0.400. The average molecular weight is 211 g/mol. The summed E-state index contributed by atoms with van der Waals surface area (Å²) >= 11 is 0. The zero-order chi connectivity index (χ0) is 11.3. The van der Waals surface area contributed by atoms with Crippen LogP contribution in [0.1, 0.15) is 13.8 Å². The van der Waals surface area contributed by atoms with Crippen LogP contribution in [0.25, 0.3) is 0 Å². The van der Waals surface area contributed by atoms with Gasteiger partial charge in [0.15, 0.2) is 6.61 Å². The van der Waals surface area contributed by atoms with E-state index in [2.05, 4.69) is 4.98 Å². The lowest BCUT2D eigenvalue weighted by molar-refractivity contribution is -0.139. The largest absolute Gasteiger partial charge is 0.479 e. The minimum absolute atomic E-state index is 0.0206. The molecule has 0 amide bonds. The number of hydrogen-bond donors (Lipinski definition) is 1. The predicted octanol–water partition coefficient (Wildman–Crippen LogP) is 1.33. The molecule has 0 spiro atoms. The zero-order valence-corrected chi connectivity index (χ0v) is 8.64. The summed E-state index contributed by atoms with van der Waals surface area (Å²) in [5, 5.41) is 8.41. The molecule has 1 N–H and O–H groups in total. The monoisotopic (exact) mass is 211 g/mol. The third-order valence-electron chi connectivity index (χ3n) is 1.40. The first-order valence-corrected chi connectivity index (χ1v) is 4.56. The van der Waals surface area contributed by atoms with Gasteiger partial charge in [0.05, 0.1) is 6.10 Å². The summed E-state index contributed by atoms with van der Waals surface area (Å²) in [6.07, 6.45) is 0.0206. The molecule has 0 unspecified atom stereocenters. The van der Waals surface area contributed by atoms with Crippen molar-refractivity contribution in [3.8, 4) is 11.8 Å². The molecule has 0 aliphatic carbocycles. The number of aliphatic carboxylic acids is 1. The van der Waals surface area contributed by atoms with E-state index in [1.54, 1.807) is 18.2 Å². The normalized spacial score (nSPS) is 10.1.